The second-order valence-electron chi connectivity index (χ2n) is 7.28. The first-order valence-corrected chi connectivity index (χ1v) is 10.2. The Bertz CT molecular complexity index is 647. The molecule has 1 aliphatic heterocycles. The number of carbonyl (C=O) groups excluding carboxylic acids is 2. The fourth-order valence-electron chi connectivity index (χ4n) is 3.70. The van der Waals surface area contributed by atoms with Crippen LogP contribution in [0, 0.1) is 5.92 Å². The SMILES string of the molecule is CC1(N)CCCCC1C(=O)Nc1cccc(C(=O)N2CCSCC2)c1.Cl. The number of amides is 2. The van der Waals surface area contributed by atoms with Gasteiger partial charge in [-0.3, -0.25) is 9.59 Å². The molecule has 26 heavy (non-hydrogen) atoms. The summed E-state index contributed by atoms with van der Waals surface area (Å²) in [7, 11) is 0. The van der Waals surface area contributed by atoms with E-state index >= 15 is 0 Å². The maximum Gasteiger partial charge on any atom is 0.253 e. The van der Waals surface area contributed by atoms with Crippen LogP contribution in [-0.4, -0.2) is 46.8 Å². The third kappa shape index (κ3) is 4.93. The summed E-state index contributed by atoms with van der Waals surface area (Å²) in [5, 5.41) is 2.97. The van der Waals surface area contributed by atoms with Gasteiger partial charge in [-0.2, -0.15) is 11.8 Å². The molecule has 2 unspecified atom stereocenters. The van der Waals surface area contributed by atoms with Crippen LogP contribution >= 0.6 is 24.2 Å². The van der Waals surface area contributed by atoms with Crippen molar-refractivity contribution in [2.24, 2.45) is 11.7 Å². The highest BCUT2D eigenvalue weighted by atomic mass is 35.5. The van der Waals surface area contributed by atoms with E-state index in [1.807, 2.05) is 41.8 Å². The first-order valence-electron chi connectivity index (χ1n) is 9.04. The summed E-state index contributed by atoms with van der Waals surface area (Å²) in [6.07, 6.45) is 3.81. The maximum atomic E-state index is 12.7. The molecule has 2 fully saturated rings. The van der Waals surface area contributed by atoms with Crippen LogP contribution in [0.4, 0.5) is 5.69 Å². The Labute approximate surface area is 165 Å². The minimum Gasteiger partial charge on any atom is -0.337 e. The zero-order chi connectivity index (χ0) is 17.9. The lowest BCUT2D eigenvalue weighted by atomic mass is 9.74. The number of thioether (sulfide) groups is 1. The van der Waals surface area contributed by atoms with Crippen molar-refractivity contribution in [1.29, 1.82) is 0 Å². The van der Waals surface area contributed by atoms with Crippen molar-refractivity contribution in [2.45, 2.75) is 38.1 Å². The van der Waals surface area contributed by atoms with Crippen LogP contribution in [0.3, 0.4) is 0 Å². The molecule has 0 radical (unpaired) electrons. The number of rotatable bonds is 3. The molecule has 7 heteroatoms. The zero-order valence-electron chi connectivity index (χ0n) is 15.2. The summed E-state index contributed by atoms with van der Waals surface area (Å²) in [6.45, 7) is 3.53. The van der Waals surface area contributed by atoms with Crippen LogP contribution in [0.15, 0.2) is 24.3 Å². The summed E-state index contributed by atoms with van der Waals surface area (Å²) in [5.41, 5.74) is 7.17. The summed E-state index contributed by atoms with van der Waals surface area (Å²) in [4.78, 5) is 27.2. The zero-order valence-corrected chi connectivity index (χ0v) is 16.8. The van der Waals surface area contributed by atoms with Gasteiger partial charge in [0.25, 0.3) is 5.91 Å². The molecule has 1 aromatic carbocycles. The van der Waals surface area contributed by atoms with E-state index in [-0.39, 0.29) is 30.1 Å². The third-order valence-electron chi connectivity index (χ3n) is 5.25. The summed E-state index contributed by atoms with van der Waals surface area (Å²) in [5.74, 6) is 1.79. The van der Waals surface area contributed by atoms with Crippen LogP contribution in [0.2, 0.25) is 0 Å². The first kappa shape index (κ1) is 21.1. The molecule has 1 saturated heterocycles. The molecule has 1 heterocycles. The Balaban J connectivity index is 0.00000243. The van der Waals surface area contributed by atoms with Gasteiger partial charge in [-0.05, 0) is 38.0 Å². The van der Waals surface area contributed by atoms with Crippen molar-refractivity contribution < 1.29 is 9.59 Å². The molecular weight excluding hydrogens is 370 g/mol. The van der Waals surface area contributed by atoms with Crippen molar-refractivity contribution in [1.82, 2.24) is 4.90 Å². The summed E-state index contributed by atoms with van der Waals surface area (Å²) >= 11 is 1.88. The average molecular weight is 398 g/mol. The third-order valence-corrected chi connectivity index (χ3v) is 6.19. The van der Waals surface area contributed by atoms with Gasteiger partial charge in [0.05, 0.1) is 5.92 Å². The molecule has 1 aliphatic carbocycles. The topological polar surface area (TPSA) is 75.4 Å². The Morgan fingerprint density at radius 1 is 1.27 bits per heavy atom. The Morgan fingerprint density at radius 2 is 2.00 bits per heavy atom. The highest BCUT2D eigenvalue weighted by molar-refractivity contribution is 7.99. The van der Waals surface area contributed by atoms with Gasteiger partial charge in [0.15, 0.2) is 0 Å². The lowest BCUT2D eigenvalue weighted by molar-refractivity contribution is -0.122. The number of benzene rings is 1. The average Bonchev–Trinajstić information content (AvgIpc) is 2.61. The fourth-order valence-corrected chi connectivity index (χ4v) is 4.60. The van der Waals surface area contributed by atoms with Gasteiger partial charge in [-0.25, -0.2) is 0 Å². The number of halogens is 1. The second-order valence-corrected chi connectivity index (χ2v) is 8.50. The van der Waals surface area contributed by atoms with E-state index in [0.29, 0.717) is 11.3 Å². The monoisotopic (exact) mass is 397 g/mol. The molecule has 5 nitrogen and oxygen atoms in total. The maximum absolute atomic E-state index is 12.7. The van der Waals surface area contributed by atoms with Gasteiger partial charge in [0.1, 0.15) is 0 Å². The molecule has 3 rings (SSSR count). The van der Waals surface area contributed by atoms with E-state index in [1.165, 1.54) is 0 Å². The number of nitrogens with one attached hydrogen (secondary N) is 1. The predicted molar refractivity (Wildman–Crippen MR) is 110 cm³/mol. The van der Waals surface area contributed by atoms with Gasteiger partial charge < -0.3 is 16.0 Å². The molecule has 2 aliphatic rings. The van der Waals surface area contributed by atoms with Crippen LogP contribution in [-0.2, 0) is 4.79 Å². The van der Waals surface area contributed by atoms with Gasteiger partial charge in [0.2, 0.25) is 5.91 Å². The smallest absolute Gasteiger partial charge is 0.253 e. The van der Waals surface area contributed by atoms with Crippen molar-refractivity contribution in [2.75, 3.05) is 29.9 Å². The van der Waals surface area contributed by atoms with Crippen molar-refractivity contribution in [3.8, 4) is 0 Å². The van der Waals surface area contributed by atoms with Crippen LogP contribution in [0.25, 0.3) is 0 Å². The molecule has 0 aromatic heterocycles. The van der Waals surface area contributed by atoms with Gasteiger partial charge in [-0.15, -0.1) is 12.4 Å². The standard InChI is InChI=1S/C19H27N3O2S.ClH/c1-19(20)8-3-2-7-16(19)17(23)21-15-6-4-5-14(13-15)18(24)22-9-11-25-12-10-22;/h4-6,13,16H,2-3,7-12,20H2,1H3,(H,21,23);1H. The molecular formula is C19H28ClN3O2S. The Morgan fingerprint density at radius 3 is 2.69 bits per heavy atom. The summed E-state index contributed by atoms with van der Waals surface area (Å²) in [6, 6.07) is 7.24. The second kappa shape index (κ2) is 9.11. The van der Waals surface area contributed by atoms with E-state index in [0.717, 1.165) is 50.3 Å². The van der Waals surface area contributed by atoms with Crippen LogP contribution in [0.1, 0.15) is 43.0 Å². The molecule has 2 atom stereocenters. The number of anilines is 1. The number of nitrogens with zero attached hydrogens (tertiary/aromatic N) is 1. The van der Waals surface area contributed by atoms with Gasteiger partial charge >= 0.3 is 0 Å². The van der Waals surface area contributed by atoms with Gasteiger partial charge in [-0.1, -0.05) is 18.9 Å². The Kier molecular flexibility index (Phi) is 7.38. The Hall–Kier alpha value is -1.24. The van der Waals surface area contributed by atoms with E-state index in [1.54, 1.807) is 6.07 Å². The van der Waals surface area contributed by atoms with Crippen molar-refractivity contribution in [3.05, 3.63) is 29.8 Å². The number of hydrogen-bond donors (Lipinski definition) is 2. The molecule has 2 amide bonds. The molecule has 3 N–H and O–H groups in total. The number of nitrogens with two attached hydrogens (primary N) is 1. The van der Waals surface area contributed by atoms with Crippen LogP contribution < -0.4 is 11.1 Å². The first-order chi connectivity index (χ1) is 12.0. The number of carbonyl (C=O) groups is 2. The van der Waals surface area contributed by atoms with E-state index in [2.05, 4.69) is 5.32 Å². The van der Waals surface area contributed by atoms with Crippen LogP contribution in [0.5, 0.6) is 0 Å². The largest absolute Gasteiger partial charge is 0.337 e. The van der Waals surface area contributed by atoms with Crippen molar-refractivity contribution in [3.63, 3.8) is 0 Å². The quantitative estimate of drug-likeness (QED) is 0.821. The summed E-state index contributed by atoms with van der Waals surface area (Å²) < 4.78 is 0. The molecule has 1 saturated carbocycles. The lowest BCUT2D eigenvalue weighted by Crippen LogP contribution is -2.51. The predicted octanol–water partition coefficient (Wildman–Crippen LogP) is 3.14. The number of hydrogen-bond acceptors (Lipinski definition) is 4. The highest BCUT2D eigenvalue weighted by Crippen LogP contribution is 2.32. The highest BCUT2D eigenvalue weighted by Gasteiger charge is 2.37. The minimum absolute atomic E-state index is 0. The fraction of sp³-hybridized carbons (Fsp3) is 0.579. The van der Waals surface area contributed by atoms with E-state index in [4.69, 9.17) is 5.73 Å². The molecule has 144 valence electrons. The lowest BCUT2D eigenvalue weighted by Gasteiger charge is -2.37. The minimum atomic E-state index is -0.457. The van der Waals surface area contributed by atoms with E-state index < -0.39 is 5.54 Å². The molecule has 0 bridgehead atoms. The van der Waals surface area contributed by atoms with Crippen molar-refractivity contribution >= 4 is 41.7 Å². The van der Waals surface area contributed by atoms with Gasteiger partial charge in [0, 0.05) is 41.4 Å². The van der Waals surface area contributed by atoms with E-state index in [9.17, 15) is 9.59 Å². The molecule has 0 spiro atoms. The normalized spacial score (nSPS) is 25.9. The molecule has 1 aromatic rings.